The minimum absolute atomic E-state index is 0.273. The van der Waals surface area contributed by atoms with Gasteiger partial charge in [0.2, 0.25) is 5.91 Å². The molecule has 1 aromatic heterocycles. The Kier molecular flexibility index (Phi) is 3.55. The SMILES string of the molecule is Cc1nc(N)ccc1CNC(=O)C1CCN1C(=O)O. The molecular weight excluding hydrogens is 248 g/mol. The van der Waals surface area contributed by atoms with Gasteiger partial charge in [0.05, 0.1) is 0 Å². The smallest absolute Gasteiger partial charge is 0.407 e. The van der Waals surface area contributed by atoms with Crippen LogP contribution in [0, 0.1) is 6.92 Å². The van der Waals surface area contributed by atoms with Gasteiger partial charge in [-0.15, -0.1) is 0 Å². The zero-order chi connectivity index (χ0) is 14.0. The average molecular weight is 264 g/mol. The third-order valence-corrected chi connectivity index (χ3v) is 3.24. The Bertz CT molecular complexity index is 518. The Labute approximate surface area is 110 Å². The van der Waals surface area contributed by atoms with Gasteiger partial charge in [0.25, 0.3) is 0 Å². The van der Waals surface area contributed by atoms with Gasteiger partial charge in [0, 0.05) is 18.8 Å². The number of anilines is 1. The van der Waals surface area contributed by atoms with Crippen LogP contribution >= 0.6 is 0 Å². The molecule has 7 nitrogen and oxygen atoms in total. The number of carbonyl (C=O) groups excluding carboxylic acids is 1. The number of likely N-dealkylation sites (tertiary alicyclic amines) is 1. The lowest BCUT2D eigenvalue weighted by Crippen LogP contribution is -2.57. The minimum atomic E-state index is -1.06. The van der Waals surface area contributed by atoms with Crippen LogP contribution < -0.4 is 11.1 Å². The molecule has 1 atom stereocenters. The largest absolute Gasteiger partial charge is 0.465 e. The molecule has 1 aliphatic rings. The van der Waals surface area contributed by atoms with Crippen molar-refractivity contribution < 1.29 is 14.7 Å². The molecule has 2 rings (SSSR count). The molecule has 0 aromatic carbocycles. The molecule has 1 fully saturated rings. The Hall–Kier alpha value is -2.31. The van der Waals surface area contributed by atoms with Crippen molar-refractivity contribution >= 4 is 17.8 Å². The minimum Gasteiger partial charge on any atom is -0.465 e. The second-order valence-corrected chi connectivity index (χ2v) is 4.48. The van der Waals surface area contributed by atoms with E-state index in [1.54, 1.807) is 12.1 Å². The molecule has 102 valence electrons. The van der Waals surface area contributed by atoms with E-state index in [2.05, 4.69) is 10.3 Å². The van der Waals surface area contributed by atoms with Gasteiger partial charge in [0.1, 0.15) is 11.9 Å². The Morgan fingerprint density at radius 3 is 2.84 bits per heavy atom. The molecule has 19 heavy (non-hydrogen) atoms. The number of nitrogens with two attached hydrogens (primary N) is 1. The van der Waals surface area contributed by atoms with E-state index >= 15 is 0 Å². The number of pyridine rings is 1. The first-order valence-electron chi connectivity index (χ1n) is 5.98. The van der Waals surface area contributed by atoms with Crippen molar-refractivity contribution in [3.63, 3.8) is 0 Å². The summed E-state index contributed by atoms with van der Waals surface area (Å²) in [6, 6.07) is 2.90. The highest BCUT2D eigenvalue weighted by atomic mass is 16.4. The van der Waals surface area contributed by atoms with Gasteiger partial charge in [-0.05, 0) is 25.0 Å². The Balaban J connectivity index is 1.92. The van der Waals surface area contributed by atoms with E-state index in [0.717, 1.165) is 16.2 Å². The number of nitrogen functional groups attached to an aromatic ring is 1. The van der Waals surface area contributed by atoms with Gasteiger partial charge in [0.15, 0.2) is 0 Å². The molecule has 0 saturated carbocycles. The predicted molar refractivity (Wildman–Crippen MR) is 68.4 cm³/mol. The summed E-state index contributed by atoms with van der Waals surface area (Å²) in [7, 11) is 0. The van der Waals surface area contributed by atoms with Crippen molar-refractivity contribution in [1.82, 2.24) is 15.2 Å². The molecule has 1 aliphatic heterocycles. The van der Waals surface area contributed by atoms with Crippen molar-refractivity contribution in [2.24, 2.45) is 0 Å². The van der Waals surface area contributed by atoms with Crippen molar-refractivity contribution in [3.05, 3.63) is 23.4 Å². The summed E-state index contributed by atoms with van der Waals surface area (Å²) in [6.45, 7) is 2.54. The summed E-state index contributed by atoms with van der Waals surface area (Å²) in [6.07, 6.45) is -0.492. The van der Waals surface area contributed by atoms with Crippen LogP contribution in [0.5, 0.6) is 0 Å². The maximum absolute atomic E-state index is 11.8. The van der Waals surface area contributed by atoms with Crippen LogP contribution in [-0.2, 0) is 11.3 Å². The van der Waals surface area contributed by atoms with Gasteiger partial charge in [-0.25, -0.2) is 9.78 Å². The fourth-order valence-electron chi connectivity index (χ4n) is 1.99. The zero-order valence-corrected chi connectivity index (χ0v) is 10.6. The fraction of sp³-hybridized carbons (Fsp3) is 0.417. The zero-order valence-electron chi connectivity index (χ0n) is 10.6. The quantitative estimate of drug-likeness (QED) is 0.729. The van der Waals surface area contributed by atoms with Crippen molar-refractivity contribution in [2.75, 3.05) is 12.3 Å². The lowest BCUT2D eigenvalue weighted by molar-refractivity contribution is -0.129. The third kappa shape index (κ3) is 2.75. The molecule has 7 heteroatoms. The van der Waals surface area contributed by atoms with Crippen molar-refractivity contribution in [1.29, 1.82) is 0 Å². The van der Waals surface area contributed by atoms with Gasteiger partial charge < -0.3 is 16.2 Å². The number of aryl methyl sites for hydroxylation is 1. The lowest BCUT2D eigenvalue weighted by atomic mass is 10.0. The number of hydrogen-bond donors (Lipinski definition) is 3. The molecule has 0 aliphatic carbocycles. The van der Waals surface area contributed by atoms with Gasteiger partial charge in [-0.3, -0.25) is 9.69 Å². The number of nitrogens with one attached hydrogen (secondary N) is 1. The number of carboxylic acid groups (broad SMARTS) is 1. The molecule has 0 bridgehead atoms. The molecule has 2 heterocycles. The first-order valence-corrected chi connectivity index (χ1v) is 5.98. The predicted octanol–water partition coefficient (Wildman–Crippen LogP) is 0.341. The van der Waals surface area contributed by atoms with E-state index in [9.17, 15) is 9.59 Å². The molecule has 2 amide bonds. The molecular formula is C12H16N4O3. The van der Waals surface area contributed by atoms with E-state index in [4.69, 9.17) is 10.8 Å². The summed E-state index contributed by atoms with van der Waals surface area (Å²) in [4.78, 5) is 27.8. The van der Waals surface area contributed by atoms with Crippen LogP contribution in [0.25, 0.3) is 0 Å². The highest BCUT2D eigenvalue weighted by Crippen LogP contribution is 2.17. The highest BCUT2D eigenvalue weighted by molar-refractivity contribution is 5.86. The van der Waals surface area contributed by atoms with Crippen LogP contribution in [0.3, 0.4) is 0 Å². The second kappa shape index (κ2) is 5.13. The topological polar surface area (TPSA) is 109 Å². The molecule has 0 spiro atoms. The first-order chi connectivity index (χ1) is 8.99. The van der Waals surface area contributed by atoms with E-state index in [0.29, 0.717) is 25.3 Å². The van der Waals surface area contributed by atoms with E-state index in [1.807, 2.05) is 6.92 Å². The summed E-state index contributed by atoms with van der Waals surface area (Å²) in [5.41, 5.74) is 7.16. The Morgan fingerprint density at radius 2 is 2.32 bits per heavy atom. The average Bonchev–Trinajstić information content (AvgIpc) is 2.25. The summed E-state index contributed by atoms with van der Waals surface area (Å²) >= 11 is 0. The number of rotatable bonds is 3. The number of aromatic nitrogens is 1. The number of amides is 2. The summed E-state index contributed by atoms with van der Waals surface area (Å²) < 4.78 is 0. The number of nitrogens with zero attached hydrogens (tertiary/aromatic N) is 2. The first kappa shape index (κ1) is 13.1. The van der Waals surface area contributed by atoms with E-state index in [1.165, 1.54) is 0 Å². The maximum Gasteiger partial charge on any atom is 0.407 e. The standard InChI is InChI=1S/C12H16N4O3/c1-7-8(2-3-10(13)15-7)6-14-11(17)9-4-5-16(9)12(18)19/h2-3,9H,4-6H2,1H3,(H2,13,15)(H,14,17)(H,18,19). The lowest BCUT2D eigenvalue weighted by Gasteiger charge is -2.37. The van der Waals surface area contributed by atoms with Crippen LogP contribution in [0.2, 0.25) is 0 Å². The highest BCUT2D eigenvalue weighted by Gasteiger charge is 2.37. The second-order valence-electron chi connectivity index (χ2n) is 4.48. The fourth-order valence-corrected chi connectivity index (χ4v) is 1.99. The number of hydrogen-bond acceptors (Lipinski definition) is 4. The van der Waals surface area contributed by atoms with Gasteiger partial charge in [-0.2, -0.15) is 0 Å². The molecule has 1 aromatic rings. The number of carbonyl (C=O) groups is 2. The summed E-state index contributed by atoms with van der Waals surface area (Å²) in [5.74, 6) is 0.161. The summed E-state index contributed by atoms with van der Waals surface area (Å²) in [5, 5.41) is 11.6. The van der Waals surface area contributed by atoms with Crippen LogP contribution in [0.4, 0.5) is 10.6 Å². The monoisotopic (exact) mass is 264 g/mol. The van der Waals surface area contributed by atoms with Crippen LogP contribution in [-0.4, -0.2) is 39.6 Å². The van der Waals surface area contributed by atoms with E-state index in [-0.39, 0.29) is 5.91 Å². The van der Waals surface area contributed by atoms with Crippen molar-refractivity contribution in [3.8, 4) is 0 Å². The van der Waals surface area contributed by atoms with Gasteiger partial charge in [-0.1, -0.05) is 6.07 Å². The Morgan fingerprint density at radius 1 is 1.58 bits per heavy atom. The molecule has 1 saturated heterocycles. The van der Waals surface area contributed by atoms with Crippen molar-refractivity contribution in [2.45, 2.75) is 25.9 Å². The molecule has 1 unspecified atom stereocenters. The van der Waals surface area contributed by atoms with E-state index < -0.39 is 12.1 Å². The normalized spacial score (nSPS) is 17.7. The molecule has 0 radical (unpaired) electrons. The van der Waals surface area contributed by atoms with Crippen LogP contribution in [0.1, 0.15) is 17.7 Å². The van der Waals surface area contributed by atoms with Crippen LogP contribution in [0.15, 0.2) is 12.1 Å². The maximum atomic E-state index is 11.8. The van der Waals surface area contributed by atoms with Gasteiger partial charge >= 0.3 is 6.09 Å². The molecule has 4 N–H and O–H groups in total. The third-order valence-electron chi connectivity index (χ3n) is 3.24.